The molecule has 18 heavy (non-hydrogen) atoms. The molecule has 0 radical (unpaired) electrons. The predicted octanol–water partition coefficient (Wildman–Crippen LogP) is 4.18. The van der Waals surface area contributed by atoms with Crippen molar-refractivity contribution in [3.63, 3.8) is 0 Å². The molecule has 1 N–H and O–H groups in total. The molecule has 1 aromatic heterocycles. The minimum atomic E-state index is 1.03. The van der Waals surface area contributed by atoms with Gasteiger partial charge in [-0.1, -0.05) is 38.0 Å². The van der Waals surface area contributed by atoms with Crippen molar-refractivity contribution in [2.24, 2.45) is 0 Å². The summed E-state index contributed by atoms with van der Waals surface area (Å²) in [6.45, 7) is 5.44. The number of benzene rings is 1. The number of halogens is 1. The van der Waals surface area contributed by atoms with E-state index < -0.39 is 0 Å². The Kier molecular flexibility index (Phi) is 5.26. The molecule has 0 saturated heterocycles. The molecule has 0 bridgehead atoms. The maximum absolute atomic E-state index is 3.62. The molecule has 0 unspecified atom stereocenters. The molecule has 0 atom stereocenters. The van der Waals surface area contributed by atoms with Gasteiger partial charge in [0.05, 0.1) is 0 Å². The Morgan fingerprint density at radius 2 is 2.00 bits per heavy atom. The lowest BCUT2D eigenvalue weighted by Crippen LogP contribution is -2.20. The summed E-state index contributed by atoms with van der Waals surface area (Å²) >= 11 is 3.62. The lowest BCUT2D eigenvalue weighted by Gasteiger charge is -2.07. The van der Waals surface area contributed by atoms with Gasteiger partial charge in [0, 0.05) is 34.7 Å². The third-order valence-corrected chi connectivity index (χ3v) is 3.86. The first-order chi connectivity index (χ1) is 8.83. The van der Waals surface area contributed by atoms with E-state index in [1.807, 2.05) is 0 Å². The Hall–Kier alpha value is -0.800. The Bertz CT molecular complexity index is 490. The number of hydrogen-bond acceptors (Lipinski definition) is 1. The van der Waals surface area contributed by atoms with Crippen LogP contribution in [0, 0.1) is 0 Å². The zero-order chi connectivity index (χ0) is 12.8. The topological polar surface area (TPSA) is 17.0 Å². The Morgan fingerprint density at radius 1 is 1.17 bits per heavy atom. The highest BCUT2D eigenvalue weighted by atomic mass is 79.9. The number of nitrogens with zero attached hydrogens (tertiary/aromatic N) is 1. The summed E-state index contributed by atoms with van der Waals surface area (Å²) in [5.41, 5.74) is 1.31. The molecular weight excluding hydrogens is 288 g/mol. The number of fused-ring (bicyclic) bond motifs is 1. The first kappa shape index (κ1) is 13.6. The fraction of sp³-hybridized carbons (Fsp3) is 0.467. The average molecular weight is 309 g/mol. The van der Waals surface area contributed by atoms with Gasteiger partial charge in [-0.2, -0.15) is 0 Å². The van der Waals surface area contributed by atoms with Crippen molar-refractivity contribution < 1.29 is 0 Å². The second-order valence-electron chi connectivity index (χ2n) is 4.64. The minimum absolute atomic E-state index is 1.03. The van der Waals surface area contributed by atoms with E-state index in [1.165, 1.54) is 34.6 Å². The zero-order valence-corrected chi connectivity index (χ0v) is 12.5. The summed E-state index contributed by atoms with van der Waals surface area (Å²) in [5, 5.41) is 4.80. The van der Waals surface area contributed by atoms with Crippen LogP contribution in [-0.4, -0.2) is 17.7 Å². The number of rotatable bonds is 7. The molecule has 98 valence electrons. The van der Waals surface area contributed by atoms with E-state index in [0.29, 0.717) is 0 Å². The van der Waals surface area contributed by atoms with Crippen LogP contribution in [-0.2, 0) is 6.54 Å². The highest BCUT2D eigenvalue weighted by molar-refractivity contribution is 9.10. The zero-order valence-electron chi connectivity index (χ0n) is 11.0. The van der Waals surface area contributed by atoms with Crippen LogP contribution in [0.1, 0.15) is 26.2 Å². The molecule has 0 aliphatic heterocycles. The number of hydrogen-bond donors (Lipinski definition) is 1. The van der Waals surface area contributed by atoms with Crippen LogP contribution in [0.4, 0.5) is 0 Å². The quantitative estimate of drug-likeness (QED) is 0.759. The van der Waals surface area contributed by atoms with Gasteiger partial charge in [-0.3, -0.25) is 0 Å². The molecule has 2 nitrogen and oxygen atoms in total. The van der Waals surface area contributed by atoms with Crippen molar-refractivity contribution in [2.45, 2.75) is 32.7 Å². The molecule has 1 heterocycles. The summed E-state index contributed by atoms with van der Waals surface area (Å²) in [5.74, 6) is 0. The molecule has 1 aromatic carbocycles. The van der Waals surface area contributed by atoms with E-state index in [0.717, 1.165) is 19.6 Å². The average Bonchev–Trinajstić information content (AvgIpc) is 2.71. The molecule has 0 amide bonds. The Balaban J connectivity index is 1.88. The molecule has 2 aromatic rings. The van der Waals surface area contributed by atoms with Crippen molar-refractivity contribution in [1.29, 1.82) is 0 Å². The summed E-state index contributed by atoms with van der Waals surface area (Å²) in [6, 6.07) is 8.52. The van der Waals surface area contributed by atoms with E-state index in [2.05, 4.69) is 63.2 Å². The van der Waals surface area contributed by atoms with E-state index in [1.54, 1.807) is 0 Å². The van der Waals surface area contributed by atoms with Gasteiger partial charge in [-0.25, -0.2) is 0 Å². The first-order valence-electron chi connectivity index (χ1n) is 6.77. The molecule has 0 fully saturated rings. The highest BCUT2D eigenvalue weighted by Crippen LogP contribution is 2.25. The fourth-order valence-electron chi connectivity index (χ4n) is 2.21. The van der Waals surface area contributed by atoms with Crippen LogP contribution in [0.2, 0.25) is 0 Å². The van der Waals surface area contributed by atoms with Gasteiger partial charge in [0.25, 0.3) is 0 Å². The summed E-state index contributed by atoms with van der Waals surface area (Å²) in [6.07, 6.45) is 6.08. The second-order valence-corrected chi connectivity index (χ2v) is 5.50. The molecule has 0 saturated carbocycles. The summed E-state index contributed by atoms with van der Waals surface area (Å²) in [7, 11) is 0. The number of para-hydroxylation sites is 1. The molecule has 3 heteroatoms. The predicted molar refractivity (Wildman–Crippen MR) is 82.0 cm³/mol. The van der Waals surface area contributed by atoms with E-state index >= 15 is 0 Å². The summed E-state index contributed by atoms with van der Waals surface area (Å²) in [4.78, 5) is 0. The largest absolute Gasteiger partial charge is 0.345 e. The van der Waals surface area contributed by atoms with Gasteiger partial charge in [-0.15, -0.1) is 0 Å². The lowest BCUT2D eigenvalue weighted by molar-refractivity contribution is 0.576. The van der Waals surface area contributed by atoms with Crippen LogP contribution in [0.25, 0.3) is 10.9 Å². The Labute approximate surface area is 118 Å². The van der Waals surface area contributed by atoms with Crippen LogP contribution < -0.4 is 5.32 Å². The van der Waals surface area contributed by atoms with E-state index in [-0.39, 0.29) is 0 Å². The normalized spacial score (nSPS) is 11.2. The SMILES string of the molecule is CCCCCNCCn1cc(Br)c2ccccc21. The Morgan fingerprint density at radius 3 is 2.83 bits per heavy atom. The van der Waals surface area contributed by atoms with Gasteiger partial charge in [0.15, 0.2) is 0 Å². The number of nitrogens with one attached hydrogen (secondary N) is 1. The lowest BCUT2D eigenvalue weighted by atomic mass is 10.2. The van der Waals surface area contributed by atoms with Crippen LogP contribution >= 0.6 is 15.9 Å². The van der Waals surface area contributed by atoms with Crippen LogP contribution in [0.15, 0.2) is 34.9 Å². The van der Waals surface area contributed by atoms with Crippen molar-refractivity contribution in [3.05, 3.63) is 34.9 Å². The third kappa shape index (κ3) is 3.36. The number of unbranched alkanes of at least 4 members (excludes halogenated alkanes) is 2. The maximum atomic E-state index is 3.62. The third-order valence-electron chi connectivity index (χ3n) is 3.23. The minimum Gasteiger partial charge on any atom is -0.345 e. The molecule has 2 rings (SSSR count). The molecular formula is C15H21BrN2. The van der Waals surface area contributed by atoms with Gasteiger partial charge >= 0.3 is 0 Å². The monoisotopic (exact) mass is 308 g/mol. The van der Waals surface area contributed by atoms with Crippen molar-refractivity contribution in [1.82, 2.24) is 9.88 Å². The van der Waals surface area contributed by atoms with Gasteiger partial charge in [-0.05, 0) is 35.0 Å². The number of aromatic nitrogens is 1. The summed E-state index contributed by atoms with van der Waals surface area (Å²) < 4.78 is 3.50. The smallest absolute Gasteiger partial charge is 0.0492 e. The van der Waals surface area contributed by atoms with Gasteiger partial charge < -0.3 is 9.88 Å². The maximum Gasteiger partial charge on any atom is 0.0492 e. The van der Waals surface area contributed by atoms with Gasteiger partial charge in [0.2, 0.25) is 0 Å². The van der Waals surface area contributed by atoms with Crippen molar-refractivity contribution in [2.75, 3.05) is 13.1 Å². The highest BCUT2D eigenvalue weighted by Gasteiger charge is 2.04. The van der Waals surface area contributed by atoms with E-state index in [9.17, 15) is 0 Å². The van der Waals surface area contributed by atoms with Crippen molar-refractivity contribution >= 4 is 26.8 Å². The van der Waals surface area contributed by atoms with E-state index in [4.69, 9.17) is 0 Å². The van der Waals surface area contributed by atoms with Crippen LogP contribution in [0.3, 0.4) is 0 Å². The fourth-order valence-corrected chi connectivity index (χ4v) is 2.79. The molecule has 0 spiro atoms. The van der Waals surface area contributed by atoms with Crippen LogP contribution in [0.5, 0.6) is 0 Å². The molecule has 0 aliphatic rings. The molecule has 0 aliphatic carbocycles. The first-order valence-corrected chi connectivity index (χ1v) is 7.56. The second kappa shape index (κ2) is 6.95. The standard InChI is InChI=1S/C15H21BrN2/c1-2-3-6-9-17-10-11-18-12-14(16)13-7-4-5-8-15(13)18/h4-5,7-8,12,17H,2-3,6,9-11H2,1H3. The van der Waals surface area contributed by atoms with Gasteiger partial charge in [0.1, 0.15) is 0 Å². The van der Waals surface area contributed by atoms with Crippen molar-refractivity contribution in [3.8, 4) is 0 Å².